The van der Waals surface area contributed by atoms with Crippen LogP contribution in [0.25, 0.3) is 22.6 Å². The normalized spacial score (nSPS) is 15.4. The van der Waals surface area contributed by atoms with E-state index in [0.717, 1.165) is 11.0 Å². The lowest BCUT2D eigenvalue weighted by Crippen LogP contribution is -2.38. The maximum atomic E-state index is 12.8. The molecule has 2 aromatic heterocycles. The van der Waals surface area contributed by atoms with Crippen molar-refractivity contribution in [2.24, 2.45) is 0 Å². The van der Waals surface area contributed by atoms with Gasteiger partial charge < -0.3 is 15.2 Å². The lowest BCUT2D eigenvalue weighted by molar-refractivity contribution is -0.384. The molecule has 1 atom stereocenters. The first-order valence-corrected chi connectivity index (χ1v) is 10.7. The molecule has 0 bridgehead atoms. The number of benzene rings is 2. The molecule has 1 aliphatic heterocycles. The standard InChI is InChI=1S/C24H20N6O4/c31-23(21-10-4-9-20(26-21)22-27-18-7-1-2-8-19(18)28-22)25-16-11-12-29(14-16)24(32)15-5-3-6-17(13-15)30(33)34/h1-10,13,16H,11-12,14H2,(H,25,31)(H,27,28). The topological polar surface area (TPSA) is 134 Å². The van der Waals surface area contributed by atoms with Crippen molar-refractivity contribution in [1.29, 1.82) is 0 Å². The van der Waals surface area contributed by atoms with Crippen LogP contribution in [0.4, 0.5) is 5.69 Å². The molecule has 170 valence electrons. The molecule has 5 rings (SSSR count). The maximum absolute atomic E-state index is 12.8. The molecule has 3 heterocycles. The van der Waals surface area contributed by atoms with Gasteiger partial charge in [0, 0.05) is 36.8 Å². The van der Waals surface area contributed by atoms with Crippen LogP contribution in [0.15, 0.2) is 66.7 Å². The zero-order valence-electron chi connectivity index (χ0n) is 18.0. The van der Waals surface area contributed by atoms with E-state index >= 15 is 0 Å². The van der Waals surface area contributed by atoms with Gasteiger partial charge in [0.2, 0.25) is 0 Å². The van der Waals surface area contributed by atoms with Crippen molar-refractivity contribution in [2.45, 2.75) is 12.5 Å². The highest BCUT2D eigenvalue weighted by Crippen LogP contribution is 2.20. The molecule has 2 amide bonds. The predicted molar refractivity (Wildman–Crippen MR) is 124 cm³/mol. The lowest BCUT2D eigenvalue weighted by atomic mass is 10.2. The number of carbonyl (C=O) groups excluding carboxylic acids is 2. The summed E-state index contributed by atoms with van der Waals surface area (Å²) in [6.07, 6.45) is 0.579. The number of hydrogen-bond donors (Lipinski definition) is 2. The van der Waals surface area contributed by atoms with Gasteiger partial charge in [-0.2, -0.15) is 0 Å². The van der Waals surface area contributed by atoms with Crippen LogP contribution < -0.4 is 5.32 Å². The third-order valence-corrected chi connectivity index (χ3v) is 5.73. The molecule has 2 aromatic carbocycles. The number of amides is 2. The van der Waals surface area contributed by atoms with Crippen LogP contribution in [-0.2, 0) is 0 Å². The van der Waals surface area contributed by atoms with Crippen molar-refractivity contribution >= 4 is 28.5 Å². The Morgan fingerprint density at radius 1 is 1.06 bits per heavy atom. The minimum absolute atomic E-state index is 0.134. The average Bonchev–Trinajstić information content (AvgIpc) is 3.51. The summed E-state index contributed by atoms with van der Waals surface area (Å²) in [6.45, 7) is 0.759. The molecule has 1 saturated heterocycles. The number of H-pyrrole nitrogens is 1. The molecule has 0 radical (unpaired) electrons. The van der Waals surface area contributed by atoms with Crippen LogP contribution in [0.1, 0.15) is 27.3 Å². The van der Waals surface area contributed by atoms with E-state index in [-0.39, 0.29) is 34.8 Å². The van der Waals surface area contributed by atoms with E-state index in [1.54, 1.807) is 29.2 Å². The van der Waals surface area contributed by atoms with Gasteiger partial charge in [-0.1, -0.05) is 24.3 Å². The maximum Gasteiger partial charge on any atom is 0.270 e. The fraction of sp³-hybridized carbons (Fsp3) is 0.167. The van der Waals surface area contributed by atoms with Gasteiger partial charge in [0.1, 0.15) is 11.4 Å². The Morgan fingerprint density at radius 3 is 2.71 bits per heavy atom. The van der Waals surface area contributed by atoms with E-state index in [1.165, 1.54) is 18.2 Å². The molecule has 1 fully saturated rings. The highest BCUT2D eigenvalue weighted by molar-refractivity contribution is 5.95. The van der Waals surface area contributed by atoms with E-state index in [4.69, 9.17) is 0 Å². The largest absolute Gasteiger partial charge is 0.346 e. The number of para-hydroxylation sites is 2. The number of nitro groups is 1. The summed E-state index contributed by atoms with van der Waals surface area (Å²) >= 11 is 0. The molecule has 0 saturated carbocycles. The number of aromatic nitrogens is 3. The molecule has 1 unspecified atom stereocenters. The van der Waals surface area contributed by atoms with Gasteiger partial charge in [-0.05, 0) is 36.8 Å². The summed E-state index contributed by atoms with van der Waals surface area (Å²) in [5.74, 6) is -0.0662. The Balaban J connectivity index is 1.25. The Hall–Kier alpha value is -4.60. The first kappa shape index (κ1) is 21.3. The summed E-state index contributed by atoms with van der Waals surface area (Å²) in [4.78, 5) is 49.8. The molecule has 1 aliphatic rings. The van der Waals surface area contributed by atoms with E-state index in [0.29, 0.717) is 31.0 Å². The number of non-ortho nitro benzene ring substituents is 1. The minimum Gasteiger partial charge on any atom is -0.346 e. The summed E-state index contributed by atoms with van der Waals surface area (Å²) in [5.41, 5.74) is 2.62. The van der Waals surface area contributed by atoms with Gasteiger partial charge in [0.05, 0.1) is 16.0 Å². The average molecular weight is 456 g/mol. The fourth-order valence-corrected chi connectivity index (χ4v) is 4.02. The van der Waals surface area contributed by atoms with Gasteiger partial charge in [-0.3, -0.25) is 19.7 Å². The summed E-state index contributed by atoms with van der Waals surface area (Å²) in [6, 6.07) is 18.2. The number of imidazole rings is 1. The van der Waals surface area contributed by atoms with Crippen molar-refractivity contribution < 1.29 is 14.5 Å². The quantitative estimate of drug-likeness (QED) is 0.350. The predicted octanol–water partition coefficient (Wildman–Crippen LogP) is 3.18. The molecular weight excluding hydrogens is 436 g/mol. The lowest BCUT2D eigenvalue weighted by Gasteiger charge is -2.17. The van der Waals surface area contributed by atoms with Crippen LogP contribution in [0.5, 0.6) is 0 Å². The van der Waals surface area contributed by atoms with Crippen molar-refractivity contribution in [3.8, 4) is 11.5 Å². The second kappa shape index (κ2) is 8.74. The van der Waals surface area contributed by atoms with Crippen molar-refractivity contribution in [3.05, 3.63) is 88.1 Å². The number of hydrogen-bond acceptors (Lipinski definition) is 6. The van der Waals surface area contributed by atoms with Gasteiger partial charge in [-0.25, -0.2) is 9.97 Å². The third kappa shape index (κ3) is 4.20. The second-order valence-corrected chi connectivity index (χ2v) is 8.03. The fourth-order valence-electron chi connectivity index (χ4n) is 4.02. The van der Waals surface area contributed by atoms with Crippen molar-refractivity contribution in [2.75, 3.05) is 13.1 Å². The first-order chi connectivity index (χ1) is 16.5. The van der Waals surface area contributed by atoms with Gasteiger partial charge in [-0.15, -0.1) is 0 Å². The molecule has 10 nitrogen and oxygen atoms in total. The number of nitrogens with one attached hydrogen (secondary N) is 2. The first-order valence-electron chi connectivity index (χ1n) is 10.7. The Morgan fingerprint density at radius 2 is 1.88 bits per heavy atom. The number of nitrogens with zero attached hydrogens (tertiary/aromatic N) is 4. The smallest absolute Gasteiger partial charge is 0.270 e. The van der Waals surface area contributed by atoms with Gasteiger partial charge in [0.15, 0.2) is 5.82 Å². The highest BCUT2D eigenvalue weighted by atomic mass is 16.6. The molecule has 4 aromatic rings. The number of fused-ring (bicyclic) bond motifs is 1. The Labute approximate surface area is 193 Å². The van der Waals surface area contributed by atoms with E-state index in [1.807, 2.05) is 24.3 Å². The molecule has 0 spiro atoms. The van der Waals surface area contributed by atoms with Gasteiger partial charge in [0.25, 0.3) is 17.5 Å². The van der Waals surface area contributed by atoms with E-state index in [2.05, 4.69) is 20.3 Å². The number of rotatable bonds is 5. The monoisotopic (exact) mass is 456 g/mol. The molecule has 2 N–H and O–H groups in total. The number of nitro benzene ring substituents is 1. The Bertz CT molecular complexity index is 1380. The number of carbonyl (C=O) groups is 2. The van der Waals surface area contributed by atoms with Crippen LogP contribution in [0, 0.1) is 10.1 Å². The molecular formula is C24H20N6O4. The van der Waals surface area contributed by atoms with Crippen LogP contribution in [-0.4, -0.2) is 55.7 Å². The van der Waals surface area contributed by atoms with Gasteiger partial charge >= 0.3 is 0 Å². The van der Waals surface area contributed by atoms with Crippen molar-refractivity contribution in [3.63, 3.8) is 0 Å². The third-order valence-electron chi connectivity index (χ3n) is 5.73. The van der Waals surface area contributed by atoms with E-state index in [9.17, 15) is 19.7 Å². The summed E-state index contributed by atoms with van der Waals surface area (Å²) in [5, 5.41) is 13.9. The zero-order valence-corrected chi connectivity index (χ0v) is 18.0. The van der Waals surface area contributed by atoms with E-state index < -0.39 is 4.92 Å². The van der Waals surface area contributed by atoms with Crippen LogP contribution in [0.3, 0.4) is 0 Å². The second-order valence-electron chi connectivity index (χ2n) is 8.03. The molecule has 0 aliphatic carbocycles. The number of likely N-dealkylation sites (tertiary alicyclic amines) is 1. The number of pyridine rings is 1. The SMILES string of the molecule is O=C(NC1CCN(C(=O)c2cccc([N+](=O)[O-])c2)C1)c1cccc(-c2nc3ccccc3[nH]2)n1. The summed E-state index contributed by atoms with van der Waals surface area (Å²) < 4.78 is 0. The molecule has 34 heavy (non-hydrogen) atoms. The zero-order chi connectivity index (χ0) is 23.7. The summed E-state index contributed by atoms with van der Waals surface area (Å²) in [7, 11) is 0. The Kier molecular flexibility index (Phi) is 5.46. The minimum atomic E-state index is -0.531. The van der Waals surface area contributed by atoms with Crippen LogP contribution >= 0.6 is 0 Å². The number of aromatic amines is 1. The van der Waals surface area contributed by atoms with Crippen molar-refractivity contribution in [1.82, 2.24) is 25.2 Å². The highest BCUT2D eigenvalue weighted by Gasteiger charge is 2.29. The van der Waals surface area contributed by atoms with Crippen LogP contribution in [0.2, 0.25) is 0 Å². The molecule has 10 heteroatoms.